The Morgan fingerprint density at radius 1 is 1.58 bits per heavy atom. The van der Waals surface area contributed by atoms with Crippen LogP contribution in [0.5, 0.6) is 0 Å². The summed E-state index contributed by atoms with van der Waals surface area (Å²) in [6, 6.07) is 0.530. The van der Waals surface area contributed by atoms with Crippen LogP contribution in [0.4, 0.5) is 0 Å². The minimum atomic E-state index is 0.195. The Morgan fingerprint density at radius 2 is 2.25 bits per heavy atom. The largest absolute Gasteiger partial charge is 0.383 e. The topological polar surface area (TPSA) is 21.3 Å². The zero-order chi connectivity index (χ0) is 9.40. The van der Waals surface area contributed by atoms with Crippen molar-refractivity contribution in [3.05, 3.63) is 0 Å². The quantitative estimate of drug-likeness (QED) is 0.607. The van der Waals surface area contributed by atoms with E-state index in [-0.39, 0.29) is 6.04 Å². The molecule has 0 aliphatic heterocycles. The van der Waals surface area contributed by atoms with Crippen LogP contribution in [0.3, 0.4) is 0 Å². The van der Waals surface area contributed by atoms with Crippen LogP contribution in [0.25, 0.3) is 0 Å². The number of hydrogen-bond donors (Lipinski definition) is 1. The molecule has 0 aromatic heterocycles. The number of terminal acetylenes is 1. The molecule has 12 heavy (non-hydrogen) atoms. The Labute approximate surface area is 75.7 Å². The highest BCUT2D eigenvalue weighted by atomic mass is 16.5. The van der Waals surface area contributed by atoms with E-state index in [0.29, 0.717) is 12.6 Å². The molecule has 2 atom stereocenters. The summed E-state index contributed by atoms with van der Waals surface area (Å²) in [4.78, 5) is 0. The average molecular weight is 169 g/mol. The third-order valence-electron chi connectivity index (χ3n) is 1.68. The molecule has 2 heteroatoms. The first-order chi connectivity index (χ1) is 5.74. The second-order valence-corrected chi connectivity index (χ2v) is 3.03. The molecule has 2 nitrogen and oxygen atoms in total. The van der Waals surface area contributed by atoms with Crippen molar-refractivity contribution in [2.45, 2.75) is 38.8 Å². The predicted molar refractivity (Wildman–Crippen MR) is 52.0 cm³/mol. The van der Waals surface area contributed by atoms with Crippen LogP contribution in [-0.2, 0) is 4.74 Å². The number of nitrogens with one attached hydrogen (secondary N) is 1. The van der Waals surface area contributed by atoms with Gasteiger partial charge in [-0.25, -0.2) is 0 Å². The van der Waals surface area contributed by atoms with Crippen molar-refractivity contribution in [1.29, 1.82) is 0 Å². The Kier molecular flexibility index (Phi) is 6.84. The lowest BCUT2D eigenvalue weighted by Gasteiger charge is -2.17. The number of rotatable bonds is 6. The SMILES string of the molecule is C#CC(CCC)NC(C)COC. The molecular weight excluding hydrogens is 150 g/mol. The van der Waals surface area contributed by atoms with Crippen LogP contribution in [-0.4, -0.2) is 25.8 Å². The molecule has 0 rings (SSSR count). The van der Waals surface area contributed by atoms with Gasteiger partial charge in [0.1, 0.15) is 0 Å². The van der Waals surface area contributed by atoms with Gasteiger partial charge < -0.3 is 4.74 Å². The fourth-order valence-corrected chi connectivity index (χ4v) is 1.15. The second kappa shape index (κ2) is 7.15. The normalized spacial score (nSPS) is 15.2. The Bertz CT molecular complexity index is 139. The predicted octanol–water partition coefficient (Wildman–Crippen LogP) is 1.41. The molecule has 0 spiro atoms. The van der Waals surface area contributed by atoms with Crippen molar-refractivity contribution in [3.63, 3.8) is 0 Å². The van der Waals surface area contributed by atoms with Gasteiger partial charge in [0.15, 0.2) is 0 Å². The van der Waals surface area contributed by atoms with Crippen LogP contribution in [0.1, 0.15) is 26.7 Å². The van der Waals surface area contributed by atoms with Crippen LogP contribution in [0, 0.1) is 12.3 Å². The van der Waals surface area contributed by atoms with Gasteiger partial charge in [-0.3, -0.25) is 5.32 Å². The van der Waals surface area contributed by atoms with Crippen molar-refractivity contribution in [3.8, 4) is 12.3 Å². The molecule has 1 N–H and O–H groups in total. The third kappa shape index (κ3) is 5.17. The Morgan fingerprint density at radius 3 is 2.67 bits per heavy atom. The van der Waals surface area contributed by atoms with E-state index >= 15 is 0 Å². The molecule has 70 valence electrons. The van der Waals surface area contributed by atoms with Crippen molar-refractivity contribution >= 4 is 0 Å². The van der Waals surface area contributed by atoms with Crippen LogP contribution in [0.15, 0.2) is 0 Å². The van der Waals surface area contributed by atoms with E-state index in [1.807, 2.05) is 0 Å². The summed E-state index contributed by atoms with van der Waals surface area (Å²) in [5, 5.41) is 3.31. The van der Waals surface area contributed by atoms with Gasteiger partial charge in [-0.15, -0.1) is 6.42 Å². The van der Waals surface area contributed by atoms with Gasteiger partial charge >= 0.3 is 0 Å². The summed E-state index contributed by atoms with van der Waals surface area (Å²) in [6.07, 6.45) is 7.49. The molecule has 0 saturated heterocycles. The maximum absolute atomic E-state index is 5.35. The van der Waals surface area contributed by atoms with Crippen molar-refractivity contribution in [1.82, 2.24) is 5.32 Å². The summed E-state index contributed by atoms with van der Waals surface area (Å²) < 4.78 is 5.00. The van der Waals surface area contributed by atoms with Gasteiger partial charge in [0.2, 0.25) is 0 Å². The van der Waals surface area contributed by atoms with Gasteiger partial charge in [-0.2, -0.15) is 0 Å². The summed E-state index contributed by atoms with van der Waals surface area (Å²) in [6.45, 7) is 4.92. The molecular formula is C10H19NO. The molecule has 0 amide bonds. The highest BCUT2D eigenvalue weighted by Crippen LogP contribution is 1.96. The first-order valence-electron chi connectivity index (χ1n) is 4.45. The first-order valence-corrected chi connectivity index (χ1v) is 4.45. The maximum Gasteiger partial charge on any atom is 0.0689 e. The first kappa shape index (κ1) is 11.5. The summed E-state index contributed by atoms with van der Waals surface area (Å²) >= 11 is 0. The van der Waals surface area contributed by atoms with Gasteiger partial charge in [0, 0.05) is 13.2 Å². The lowest BCUT2D eigenvalue weighted by Crippen LogP contribution is -2.38. The van der Waals surface area contributed by atoms with Gasteiger partial charge in [-0.1, -0.05) is 19.3 Å². The molecule has 0 heterocycles. The second-order valence-electron chi connectivity index (χ2n) is 3.03. The number of methoxy groups -OCH3 is 1. The molecule has 0 bridgehead atoms. The standard InChI is InChI=1S/C10H19NO/c1-5-7-10(6-2)11-9(3)8-12-4/h2,9-11H,5,7-8H2,1,3-4H3. The van der Waals surface area contributed by atoms with Crippen LogP contribution >= 0.6 is 0 Å². The third-order valence-corrected chi connectivity index (χ3v) is 1.68. The lowest BCUT2D eigenvalue weighted by atomic mass is 10.1. The highest BCUT2D eigenvalue weighted by Gasteiger charge is 2.07. The minimum absolute atomic E-state index is 0.195. The zero-order valence-electron chi connectivity index (χ0n) is 8.26. The molecule has 0 fully saturated rings. The average Bonchev–Trinajstić information content (AvgIpc) is 2.04. The molecule has 0 saturated carbocycles. The van der Waals surface area contributed by atoms with Crippen LogP contribution < -0.4 is 5.32 Å². The summed E-state index contributed by atoms with van der Waals surface area (Å²) in [5.41, 5.74) is 0. The van der Waals surface area contributed by atoms with E-state index in [0.717, 1.165) is 12.8 Å². The number of hydrogen-bond acceptors (Lipinski definition) is 2. The highest BCUT2D eigenvalue weighted by molar-refractivity contribution is 4.99. The molecule has 0 aliphatic carbocycles. The molecule has 0 radical (unpaired) electrons. The van der Waals surface area contributed by atoms with Crippen LogP contribution in [0.2, 0.25) is 0 Å². The smallest absolute Gasteiger partial charge is 0.0689 e. The van der Waals surface area contributed by atoms with E-state index in [1.165, 1.54) is 0 Å². The van der Waals surface area contributed by atoms with E-state index in [4.69, 9.17) is 11.2 Å². The summed E-state index contributed by atoms with van der Waals surface area (Å²) in [5.74, 6) is 2.73. The molecule has 0 aliphatic rings. The Hall–Kier alpha value is -0.520. The van der Waals surface area contributed by atoms with E-state index < -0.39 is 0 Å². The van der Waals surface area contributed by atoms with E-state index in [2.05, 4.69) is 25.1 Å². The minimum Gasteiger partial charge on any atom is -0.383 e. The molecule has 2 unspecified atom stereocenters. The zero-order valence-corrected chi connectivity index (χ0v) is 8.26. The summed E-state index contributed by atoms with van der Waals surface area (Å²) in [7, 11) is 1.70. The fourth-order valence-electron chi connectivity index (χ4n) is 1.15. The van der Waals surface area contributed by atoms with Crippen molar-refractivity contribution in [2.24, 2.45) is 0 Å². The number of ether oxygens (including phenoxy) is 1. The fraction of sp³-hybridized carbons (Fsp3) is 0.800. The van der Waals surface area contributed by atoms with Crippen molar-refractivity contribution in [2.75, 3.05) is 13.7 Å². The molecule has 0 aromatic carbocycles. The van der Waals surface area contributed by atoms with E-state index in [9.17, 15) is 0 Å². The van der Waals surface area contributed by atoms with Gasteiger partial charge in [-0.05, 0) is 13.3 Å². The van der Waals surface area contributed by atoms with Gasteiger partial charge in [0.25, 0.3) is 0 Å². The Balaban J connectivity index is 3.63. The van der Waals surface area contributed by atoms with Gasteiger partial charge in [0.05, 0.1) is 12.6 Å². The van der Waals surface area contributed by atoms with E-state index in [1.54, 1.807) is 7.11 Å². The van der Waals surface area contributed by atoms with Crippen molar-refractivity contribution < 1.29 is 4.74 Å². The monoisotopic (exact) mass is 169 g/mol. The maximum atomic E-state index is 5.35. The molecule has 0 aromatic rings. The lowest BCUT2D eigenvalue weighted by molar-refractivity contribution is 0.169.